The van der Waals surface area contributed by atoms with Crippen molar-refractivity contribution in [1.82, 2.24) is 0 Å². The van der Waals surface area contributed by atoms with Crippen LogP contribution in [0, 0.1) is 47.4 Å². The summed E-state index contributed by atoms with van der Waals surface area (Å²) in [6.45, 7) is 11.9. The molecule has 5 aromatic rings. The molecule has 5 aromatic carbocycles. The minimum absolute atomic E-state index is 0.414. The zero-order chi connectivity index (χ0) is 57.6. The maximum atomic E-state index is 6.12. The Morgan fingerprint density at radius 1 is 0.244 bits per heavy atom. The fraction of sp³-hybridized carbons (Fsp3) is 0.472. The highest BCUT2D eigenvalue weighted by Gasteiger charge is 2.08. The zero-order valence-corrected chi connectivity index (χ0v) is 49.7. The Kier molecular flexibility index (Phi) is 35.4. The van der Waals surface area contributed by atoms with Crippen molar-refractivity contribution < 1.29 is 47.4 Å². The molecule has 10 nitrogen and oxygen atoms in total. The Bertz CT molecular complexity index is 2350. The second-order valence-electron chi connectivity index (χ2n) is 19.8. The van der Waals surface area contributed by atoms with E-state index in [-0.39, 0.29) is 0 Å². The SMILES string of the molecule is CCCCCCCCCCOc1ccc(C#Cc2cc(C#Cc3ccc(OCCOCCOCCOC)cc3)c(C#Cc3ccc(OCCOCCOCCOC)cc3)cc2C#Cc2ccc(OCCCCCCCCCC)cc2)cc1. The molecule has 0 unspecified atom stereocenters. The van der Waals surface area contributed by atoms with Crippen LogP contribution in [-0.4, -0.2) is 107 Å². The number of rotatable bonds is 40. The van der Waals surface area contributed by atoms with Gasteiger partial charge in [0.15, 0.2) is 0 Å². The second-order valence-corrected chi connectivity index (χ2v) is 19.8. The van der Waals surface area contributed by atoms with E-state index in [0.29, 0.717) is 92.5 Å². The van der Waals surface area contributed by atoms with Crippen LogP contribution in [0.25, 0.3) is 0 Å². The van der Waals surface area contributed by atoms with Crippen molar-refractivity contribution in [3.05, 3.63) is 154 Å². The molecule has 0 N–H and O–H groups in total. The molecule has 0 saturated carbocycles. The molecule has 0 aliphatic carbocycles. The van der Waals surface area contributed by atoms with Gasteiger partial charge in [-0.05, 0) is 122 Å². The standard InChI is InChI=1S/C72H90O10/c1-5-7-9-11-13-15-17-19-45-79-69-37-25-61(26-38-69)21-33-65-59-67(35-23-63-29-41-71(42-30-63)81-57-55-77-53-51-75-49-47-73-3)68(36-24-64-31-43-72(44-32-64)82-58-56-78-54-52-76-50-48-74-4)60-66(65)34-22-62-27-39-70(40-28-62)80-46-20-18-16-14-12-10-8-6-2/h25-32,37-44,59-60H,5-20,45-58H2,1-4H3. The minimum Gasteiger partial charge on any atom is -0.494 e. The lowest BCUT2D eigenvalue weighted by Crippen LogP contribution is -2.12. The molecule has 5 rings (SSSR count). The van der Waals surface area contributed by atoms with Crippen molar-refractivity contribution in [2.24, 2.45) is 0 Å². The lowest BCUT2D eigenvalue weighted by Gasteiger charge is -2.08. The minimum atomic E-state index is 0.414. The van der Waals surface area contributed by atoms with Gasteiger partial charge in [-0.2, -0.15) is 0 Å². The molecule has 0 saturated heterocycles. The van der Waals surface area contributed by atoms with Crippen LogP contribution in [0.5, 0.6) is 23.0 Å². The second kappa shape index (κ2) is 44.0. The quantitative estimate of drug-likeness (QED) is 0.0279. The molecule has 0 bridgehead atoms. The Hall–Kier alpha value is -6.70. The molecular formula is C72H90O10. The molecular weight excluding hydrogens is 1020 g/mol. The van der Waals surface area contributed by atoms with Crippen molar-refractivity contribution in [3.8, 4) is 70.4 Å². The van der Waals surface area contributed by atoms with Gasteiger partial charge in [0.25, 0.3) is 0 Å². The molecule has 0 atom stereocenters. The number of unbranched alkanes of at least 4 members (excludes halogenated alkanes) is 14. The van der Waals surface area contributed by atoms with Crippen molar-refractivity contribution in [2.45, 2.75) is 117 Å². The highest BCUT2D eigenvalue weighted by atomic mass is 16.6. The number of methoxy groups -OCH3 is 2. The summed E-state index contributed by atoms with van der Waals surface area (Å²) in [5.74, 6) is 30.5. The van der Waals surface area contributed by atoms with Gasteiger partial charge in [0, 0.05) is 58.7 Å². The van der Waals surface area contributed by atoms with Gasteiger partial charge in [0.2, 0.25) is 0 Å². The Morgan fingerprint density at radius 2 is 0.476 bits per heavy atom. The van der Waals surface area contributed by atoms with Crippen molar-refractivity contribution in [2.75, 3.05) is 107 Å². The molecule has 0 amide bonds. The molecule has 82 heavy (non-hydrogen) atoms. The highest BCUT2D eigenvalue weighted by molar-refractivity contribution is 5.64. The van der Waals surface area contributed by atoms with Crippen LogP contribution in [0.4, 0.5) is 0 Å². The van der Waals surface area contributed by atoms with Gasteiger partial charge in [-0.25, -0.2) is 0 Å². The molecule has 0 radical (unpaired) electrons. The normalized spacial score (nSPS) is 10.6. The van der Waals surface area contributed by atoms with Crippen molar-refractivity contribution >= 4 is 0 Å². The average molecular weight is 1120 g/mol. The van der Waals surface area contributed by atoms with E-state index in [0.717, 1.165) is 80.3 Å². The smallest absolute Gasteiger partial charge is 0.119 e. The average Bonchev–Trinajstić information content (AvgIpc) is 3.70. The van der Waals surface area contributed by atoms with E-state index in [2.05, 4.69) is 61.2 Å². The first-order chi connectivity index (χ1) is 40.6. The van der Waals surface area contributed by atoms with Gasteiger partial charge in [-0.3, -0.25) is 0 Å². The van der Waals surface area contributed by atoms with Crippen molar-refractivity contribution in [1.29, 1.82) is 0 Å². The van der Waals surface area contributed by atoms with E-state index in [9.17, 15) is 0 Å². The van der Waals surface area contributed by atoms with E-state index in [1.165, 1.54) is 89.9 Å². The maximum absolute atomic E-state index is 6.12. The van der Waals surface area contributed by atoms with Crippen LogP contribution < -0.4 is 18.9 Å². The van der Waals surface area contributed by atoms with Gasteiger partial charge >= 0.3 is 0 Å². The Morgan fingerprint density at radius 3 is 0.744 bits per heavy atom. The molecule has 0 fully saturated rings. The summed E-state index contributed by atoms with van der Waals surface area (Å²) >= 11 is 0. The van der Waals surface area contributed by atoms with E-state index < -0.39 is 0 Å². The van der Waals surface area contributed by atoms with Crippen LogP contribution in [-0.2, 0) is 28.4 Å². The number of hydrogen-bond acceptors (Lipinski definition) is 10. The fourth-order valence-electron chi connectivity index (χ4n) is 8.33. The van der Waals surface area contributed by atoms with Crippen LogP contribution in [0.15, 0.2) is 109 Å². The molecule has 0 aromatic heterocycles. The van der Waals surface area contributed by atoms with E-state index in [1.807, 2.05) is 109 Å². The monoisotopic (exact) mass is 1110 g/mol. The van der Waals surface area contributed by atoms with Gasteiger partial charge in [0.05, 0.1) is 79.3 Å². The summed E-state index contributed by atoms with van der Waals surface area (Å²) in [5.41, 5.74) is 6.27. The number of benzene rings is 5. The third-order valence-electron chi connectivity index (χ3n) is 13.1. The summed E-state index contributed by atoms with van der Waals surface area (Å²) in [5, 5.41) is 0. The number of ether oxygens (including phenoxy) is 10. The predicted molar refractivity (Wildman–Crippen MR) is 330 cm³/mol. The van der Waals surface area contributed by atoms with Crippen LogP contribution in [0.3, 0.4) is 0 Å². The Balaban J connectivity index is 1.37. The number of hydrogen-bond donors (Lipinski definition) is 0. The summed E-state index contributed by atoms with van der Waals surface area (Å²) in [6.07, 6.45) is 20.2. The topological polar surface area (TPSA) is 92.3 Å². The van der Waals surface area contributed by atoms with Gasteiger partial charge in [-0.15, -0.1) is 0 Å². The summed E-state index contributed by atoms with van der Waals surface area (Å²) in [6, 6.07) is 35.5. The fourth-order valence-corrected chi connectivity index (χ4v) is 8.33. The molecule has 0 heterocycles. The first-order valence-electron chi connectivity index (χ1n) is 30.0. The largest absolute Gasteiger partial charge is 0.494 e. The third kappa shape index (κ3) is 29.8. The summed E-state index contributed by atoms with van der Waals surface area (Å²) in [7, 11) is 3.31. The Labute approximate surface area is 492 Å². The lowest BCUT2D eigenvalue weighted by molar-refractivity contribution is 0.0180. The molecule has 0 aliphatic heterocycles. The maximum Gasteiger partial charge on any atom is 0.119 e. The lowest BCUT2D eigenvalue weighted by atomic mass is 9.97. The summed E-state index contributed by atoms with van der Waals surface area (Å²) < 4.78 is 56.4. The first-order valence-corrected chi connectivity index (χ1v) is 30.0. The van der Waals surface area contributed by atoms with E-state index >= 15 is 0 Å². The third-order valence-corrected chi connectivity index (χ3v) is 13.1. The summed E-state index contributed by atoms with van der Waals surface area (Å²) in [4.78, 5) is 0. The predicted octanol–water partition coefficient (Wildman–Crippen LogP) is 14.4. The van der Waals surface area contributed by atoms with Crippen LogP contribution in [0.2, 0.25) is 0 Å². The van der Waals surface area contributed by atoms with Gasteiger partial charge < -0.3 is 47.4 Å². The van der Waals surface area contributed by atoms with Crippen LogP contribution >= 0.6 is 0 Å². The molecule has 0 aliphatic rings. The zero-order valence-electron chi connectivity index (χ0n) is 49.7. The molecule has 10 heteroatoms. The first kappa shape index (κ1) is 66.1. The molecule has 438 valence electrons. The van der Waals surface area contributed by atoms with E-state index in [1.54, 1.807) is 14.2 Å². The highest BCUT2D eigenvalue weighted by Crippen LogP contribution is 2.21. The van der Waals surface area contributed by atoms with Crippen LogP contribution in [0.1, 0.15) is 161 Å². The molecule has 0 spiro atoms. The van der Waals surface area contributed by atoms with E-state index in [4.69, 9.17) is 47.4 Å². The van der Waals surface area contributed by atoms with Gasteiger partial charge in [0.1, 0.15) is 36.2 Å². The van der Waals surface area contributed by atoms with Crippen molar-refractivity contribution in [3.63, 3.8) is 0 Å². The van der Waals surface area contributed by atoms with Gasteiger partial charge in [-0.1, -0.05) is 151 Å².